The van der Waals surface area contributed by atoms with Crippen molar-refractivity contribution in [3.05, 3.63) is 17.7 Å². The number of likely N-dealkylation sites (tertiary alicyclic amines) is 1. The Bertz CT molecular complexity index is 997. The van der Waals surface area contributed by atoms with Gasteiger partial charge in [0.15, 0.2) is 0 Å². The summed E-state index contributed by atoms with van der Waals surface area (Å²) in [5, 5.41) is 4.61. The Kier molecular flexibility index (Phi) is 6.61. The van der Waals surface area contributed by atoms with Crippen LogP contribution in [0.25, 0.3) is 10.9 Å². The van der Waals surface area contributed by atoms with Crippen LogP contribution in [-0.2, 0) is 4.74 Å². The molecular weight excluding hydrogens is 402 g/mol. The first-order valence-corrected chi connectivity index (χ1v) is 12.0. The molecule has 0 bridgehead atoms. The maximum atomic E-state index is 5.72. The predicted molar refractivity (Wildman–Crippen MR) is 128 cm³/mol. The van der Waals surface area contributed by atoms with Crippen LogP contribution < -0.4 is 15.0 Å². The molecule has 7 nitrogen and oxygen atoms in total. The van der Waals surface area contributed by atoms with E-state index in [1.807, 2.05) is 6.07 Å². The fraction of sp³-hybridized carbons (Fsp3) is 0.600. The Labute approximate surface area is 190 Å². The molecule has 0 radical (unpaired) electrons. The number of aromatic nitrogens is 2. The lowest BCUT2D eigenvalue weighted by atomic mass is 10.1. The molecule has 0 saturated carbocycles. The largest absolute Gasteiger partial charge is 0.495 e. The minimum absolute atomic E-state index is 0.263. The number of fused-ring (bicyclic) bond motifs is 1. The highest BCUT2D eigenvalue weighted by Crippen LogP contribution is 2.32. The van der Waals surface area contributed by atoms with Gasteiger partial charge in [0.25, 0.3) is 0 Å². The van der Waals surface area contributed by atoms with E-state index >= 15 is 0 Å². The third-order valence-electron chi connectivity index (χ3n) is 6.62. The van der Waals surface area contributed by atoms with E-state index in [0.717, 1.165) is 86.2 Å². The molecule has 3 fully saturated rings. The van der Waals surface area contributed by atoms with Crippen LogP contribution in [0.15, 0.2) is 12.1 Å². The molecule has 4 heterocycles. The third kappa shape index (κ3) is 4.77. The molecule has 32 heavy (non-hydrogen) atoms. The normalized spacial score (nSPS) is 21.5. The molecule has 1 N–H and O–H groups in total. The number of nitrogens with zero attached hydrogens (tertiary/aromatic N) is 4. The van der Waals surface area contributed by atoms with E-state index in [4.69, 9.17) is 19.4 Å². The minimum atomic E-state index is 0.263. The van der Waals surface area contributed by atoms with E-state index in [-0.39, 0.29) is 6.04 Å². The van der Waals surface area contributed by atoms with Crippen molar-refractivity contribution in [1.82, 2.24) is 14.9 Å². The number of hydrogen-bond acceptors (Lipinski definition) is 7. The van der Waals surface area contributed by atoms with Crippen LogP contribution in [0.4, 0.5) is 11.8 Å². The zero-order chi connectivity index (χ0) is 21.8. The number of anilines is 2. The fourth-order valence-corrected chi connectivity index (χ4v) is 4.81. The summed E-state index contributed by atoms with van der Waals surface area (Å²) < 4.78 is 11.4. The summed E-state index contributed by atoms with van der Waals surface area (Å²) in [6, 6.07) is 4.36. The van der Waals surface area contributed by atoms with E-state index in [0.29, 0.717) is 6.61 Å². The van der Waals surface area contributed by atoms with Crippen molar-refractivity contribution in [2.45, 2.75) is 44.6 Å². The smallest absolute Gasteiger partial charge is 0.227 e. The van der Waals surface area contributed by atoms with Gasteiger partial charge in [-0.3, -0.25) is 4.90 Å². The number of methoxy groups -OCH3 is 1. The maximum absolute atomic E-state index is 5.72. The van der Waals surface area contributed by atoms with Crippen molar-refractivity contribution >= 4 is 22.7 Å². The quantitative estimate of drug-likeness (QED) is 0.723. The Balaban J connectivity index is 1.51. The summed E-state index contributed by atoms with van der Waals surface area (Å²) in [5.74, 6) is 9.12. The van der Waals surface area contributed by atoms with E-state index in [9.17, 15) is 0 Å². The van der Waals surface area contributed by atoms with E-state index < -0.39 is 0 Å². The molecule has 7 heteroatoms. The SMILES string of the molecule is COc1cc2c(NC3CCCOC3)nc(N3CCCC3)nc2cc1C#CCN1CCCC1. The van der Waals surface area contributed by atoms with Gasteiger partial charge in [0, 0.05) is 25.1 Å². The monoisotopic (exact) mass is 435 g/mol. The van der Waals surface area contributed by atoms with Crippen LogP contribution in [-0.4, -0.2) is 74.0 Å². The van der Waals surface area contributed by atoms with Crippen LogP contribution in [0, 0.1) is 11.8 Å². The van der Waals surface area contributed by atoms with Gasteiger partial charge in [0.05, 0.1) is 37.4 Å². The third-order valence-corrected chi connectivity index (χ3v) is 6.62. The molecule has 3 aliphatic heterocycles. The van der Waals surface area contributed by atoms with Gasteiger partial charge < -0.3 is 19.7 Å². The number of nitrogens with one attached hydrogen (secondary N) is 1. The van der Waals surface area contributed by atoms with Crippen molar-refractivity contribution in [3.8, 4) is 17.6 Å². The molecule has 1 unspecified atom stereocenters. The summed E-state index contributed by atoms with van der Waals surface area (Å²) in [6.45, 7) is 6.67. The van der Waals surface area contributed by atoms with Crippen molar-refractivity contribution in [1.29, 1.82) is 0 Å². The minimum Gasteiger partial charge on any atom is -0.495 e. The van der Waals surface area contributed by atoms with Crippen molar-refractivity contribution < 1.29 is 9.47 Å². The lowest BCUT2D eigenvalue weighted by Crippen LogP contribution is -2.31. The van der Waals surface area contributed by atoms with Gasteiger partial charge in [-0.2, -0.15) is 4.98 Å². The molecule has 0 amide bonds. The molecule has 2 aromatic rings. The number of rotatable bonds is 5. The Hall–Kier alpha value is -2.56. The molecule has 0 aliphatic carbocycles. The van der Waals surface area contributed by atoms with Gasteiger partial charge in [-0.05, 0) is 63.7 Å². The van der Waals surface area contributed by atoms with E-state index in [2.05, 4.69) is 33.0 Å². The highest BCUT2D eigenvalue weighted by Gasteiger charge is 2.21. The second kappa shape index (κ2) is 9.93. The lowest BCUT2D eigenvalue weighted by Gasteiger charge is -2.25. The summed E-state index contributed by atoms with van der Waals surface area (Å²) in [7, 11) is 1.70. The van der Waals surface area contributed by atoms with Gasteiger partial charge in [-0.1, -0.05) is 11.8 Å². The first-order valence-electron chi connectivity index (χ1n) is 12.0. The van der Waals surface area contributed by atoms with Gasteiger partial charge in [0.1, 0.15) is 11.6 Å². The Morgan fingerprint density at radius 2 is 1.91 bits per heavy atom. The summed E-state index contributed by atoms with van der Waals surface area (Å²) >= 11 is 0. The summed E-state index contributed by atoms with van der Waals surface area (Å²) in [6.07, 6.45) is 7.09. The van der Waals surface area contributed by atoms with Crippen LogP contribution >= 0.6 is 0 Å². The van der Waals surface area contributed by atoms with Gasteiger partial charge >= 0.3 is 0 Å². The molecule has 170 valence electrons. The van der Waals surface area contributed by atoms with Gasteiger partial charge in [-0.15, -0.1) is 0 Å². The van der Waals surface area contributed by atoms with Gasteiger partial charge in [-0.25, -0.2) is 4.98 Å². The molecule has 3 saturated heterocycles. The zero-order valence-electron chi connectivity index (χ0n) is 19.0. The van der Waals surface area contributed by atoms with Crippen LogP contribution in [0.1, 0.15) is 44.1 Å². The number of ether oxygens (including phenoxy) is 2. The molecule has 1 atom stereocenters. The van der Waals surface area contributed by atoms with Crippen molar-refractivity contribution in [2.24, 2.45) is 0 Å². The van der Waals surface area contributed by atoms with Crippen LogP contribution in [0.5, 0.6) is 5.75 Å². The van der Waals surface area contributed by atoms with Crippen molar-refractivity contribution in [3.63, 3.8) is 0 Å². The average Bonchev–Trinajstić information content (AvgIpc) is 3.54. The van der Waals surface area contributed by atoms with Gasteiger partial charge in [0.2, 0.25) is 5.95 Å². The standard InChI is InChI=1S/C25H33N5O2/c1-31-23-17-21-22(16-19(23)8-6-12-29-10-2-3-11-29)27-25(30-13-4-5-14-30)28-24(21)26-20-9-7-15-32-18-20/h16-17,20H,2-5,7,9-15,18H2,1H3,(H,26,27,28). The van der Waals surface area contributed by atoms with E-state index in [1.165, 1.54) is 25.7 Å². The van der Waals surface area contributed by atoms with E-state index in [1.54, 1.807) is 7.11 Å². The van der Waals surface area contributed by atoms with Crippen LogP contribution in [0.2, 0.25) is 0 Å². The van der Waals surface area contributed by atoms with Crippen LogP contribution in [0.3, 0.4) is 0 Å². The first kappa shape index (κ1) is 21.3. The number of benzene rings is 1. The lowest BCUT2D eigenvalue weighted by molar-refractivity contribution is 0.0875. The molecule has 1 aromatic carbocycles. The first-order chi connectivity index (χ1) is 15.8. The molecule has 1 aromatic heterocycles. The average molecular weight is 436 g/mol. The topological polar surface area (TPSA) is 62.8 Å². The summed E-state index contributed by atoms with van der Waals surface area (Å²) in [4.78, 5) is 14.6. The Morgan fingerprint density at radius 1 is 1.09 bits per heavy atom. The van der Waals surface area contributed by atoms with Crippen molar-refractivity contribution in [2.75, 3.05) is 63.3 Å². The highest BCUT2D eigenvalue weighted by molar-refractivity contribution is 5.93. The summed E-state index contributed by atoms with van der Waals surface area (Å²) in [5.41, 5.74) is 1.80. The fourth-order valence-electron chi connectivity index (χ4n) is 4.81. The molecule has 3 aliphatic rings. The number of hydrogen-bond donors (Lipinski definition) is 1. The molecular formula is C25H33N5O2. The second-order valence-corrected chi connectivity index (χ2v) is 8.98. The molecule has 0 spiro atoms. The second-order valence-electron chi connectivity index (χ2n) is 8.98. The highest BCUT2D eigenvalue weighted by atomic mass is 16.5. The Morgan fingerprint density at radius 3 is 2.66 bits per heavy atom. The maximum Gasteiger partial charge on any atom is 0.227 e. The predicted octanol–water partition coefficient (Wildman–Crippen LogP) is 3.28. The zero-order valence-corrected chi connectivity index (χ0v) is 19.0. The molecule has 5 rings (SSSR count).